The molecule has 0 spiro atoms. The van der Waals surface area contributed by atoms with Crippen LogP contribution < -0.4 is 4.72 Å². The van der Waals surface area contributed by atoms with Gasteiger partial charge in [-0.3, -0.25) is 0 Å². The number of hydrogen-bond acceptors (Lipinski definition) is 2. The van der Waals surface area contributed by atoms with Gasteiger partial charge >= 0.3 is 0 Å². The first-order valence-electron chi connectivity index (χ1n) is 6.64. The van der Waals surface area contributed by atoms with Gasteiger partial charge in [0.2, 0.25) is 0 Å². The monoisotopic (exact) mass is 355 g/mol. The molecule has 3 nitrogen and oxygen atoms in total. The standard InChI is InChI=1S/C14H17ClF3NO2S/c1-13(2,3)22(20)19-12(14(18)6-21-7-14)8-4-11(17)9(15)5-10(8)16/h4-5,12,19H,6-7H2,1-3H3. The maximum atomic E-state index is 14.8. The van der Waals surface area contributed by atoms with Gasteiger partial charge in [0, 0.05) is 5.56 Å². The summed E-state index contributed by atoms with van der Waals surface area (Å²) in [6, 6.07) is 0.312. The second-order valence-corrected chi connectivity index (χ2v) is 8.65. The minimum atomic E-state index is -1.96. The molecule has 2 unspecified atom stereocenters. The Kier molecular flexibility index (Phi) is 4.92. The highest BCUT2D eigenvalue weighted by Gasteiger charge is 2.49. The van der Waals surface area contributed by atoms with E-state index in [4.69, 9.17) is 16.3 Å². The molecule has 2 atom stereocenters. The predicted molar refractivity (Wildman–Crippen MR) is 79.8 cm³/mol. The number of nitrogens with one attached hydrogen (secondary N) is 1. The number of alkyl halides is 1. The number of hydrogen-bond donors (Lipinski definition) is 1. The molecule has 124 valence electrons. The highest BCUT2D eigenvalue weighted by Crippen LogP contribution is 2.39. The lowest BCUT2D eigenvalue weighted by Crippen LogP contribution is -2.56. The van der Waals surface area contributed by atoms with Crippen molar-refractivity contribution in [1.29, 1.82) is 0 Å². The van der Waals surface area contributed by atoms with Crippen LogP contribution in [0.4, 0.5) is 13.2 Å². The van der Waals surface area contributed by atoms with Crippen molar-refractivity contribution in [1.82, 2.24) is 4.72 Å². The minimum Gasteiger partial charge on any atom is -0.374 e. The van der Waals surface area contributed by atoms with Gasteiger partial charge in [-0.2, -0.15) is 0 Å². The zero-order valence-electron chi connectivity index (χ0n) is 12.4. The van der Waals surface area contributed by atoms with Crippen molar-refractivity contribution >= 4 is 22.6 Å². The van der Waals surface area contributed by atoms with Crippen LogP contribution in [0.25, 0.3) is 0 Å². The summed E-state index contributed by atoms with van der Waals surface area (Å²) in [5.41, 5.74) is -2.22. The van der Waals surface area contributed by atoms with Gasteiger partial charge in [-0.15, -0.1) is 0 Å². The van der Waals surface area contributed by atoms with Crippen molar-refractivity contribution in [2.75, 3.05) is 13.2 Å². The molecule has 22 heavy (non-hydrogen) atoms. The summed E-state index contributed by atoms with van der Waals surface area (Å²) in [5.74, 6) is -1.73. The molecule has 0 aromatic heterocycles. The Morgan fingerprint density at radius 2 is 1.91 bits per heavy atom. The highest BCUT2D eigenvalue weighted by atomic mass is 35.5. The summed E-state index contributed by atoms with van der Waals surface area (Å²) in [7, 11) is -1.67. The maximum Gasteiger partial charge on any atom is 0.177 e. The molecular formula is C14H17ClF3NO2S. The van der Waals surface area contributed by atoms with Crippen LogP contribution in [0.2, 0.25) is 5.02 Å². The number of ether oxygens (including phenoxy) is 1. The molecule has 0 radical (unpaired) electrons. The number of halogens is 4. The SMILES string of the molecule is CC(C)(C)S(=O)NC(c1cc(F)c(Cl)cc1F)C1(F)COC1. The summed E-state index contributed by atoms with van der Waals surface area (Å²) in [6.07, 6.45) is 0. The Hall–Kier alpha value is -0.630. The first-order valence-corrected chi connectivity index (χ1v) is 8.16. The van der Waals surface area contributed by atoms with Crippen molar-refractivity contribution in [3.8, 4) is 0 Å². The molecule has 1 fully saturated rings. The topological polar surface area (TPSA) is 38.3 Å². The van der Waals surface area contributed by atoms with E-state index in [0.29, 0.717) is 0 Å². The van der Waals surface area contributed by atoms with Gasteiger partial charge in [0.05, 0.1) is 40.0 Å². The first-order chi connectivity index (χ1) is 10.0. The van der Waals surface area contributed by atoms with Crippen molar-refractivity contribution in [2.45, 2.75) is 37.2 Å². The van der Waals surface area contributed by atoms with Crippen LogP contribution >= 0.6 is 11.6 Å². The Balaban J connectivity index is 2.42. The Morgan fingerprint density at radius 3 is 2.36 bits per heavy atom. The van der Waals surface area contributed by atoms with Crippen LogP contribution in [-0.4, -0.2) is 27.8 Å². The van der Waals surface area contributed by atoms with E-state index in [2.05, 4.69) is 4.72 Å². The fourth-order valence-electron chi connectivity index (χ4n) is 1.95. The van der Waals surface area contributed by atoms with Crippen LogP contribution in [0.1, 0.15) is 32.4 Å². The summed E-state index contributed by atoms with van der Waals surface area (Å²) in [4.78, 5) is 0. The van der Waals surface area contributed by atoms with Crippen LogP contribution in [0.5, 0.6) is 0 Å². The maximum absolute atomic E-state index is 14.8. The minimum absolute atomic E-state index is 0.259. The normalized spacial score (nSPS) is 20.3. The van der Waals surface area contributed by atoms with Crippen molar-refractivity contribution in [2.24, 2.45) is 0 Å². The molecule has 8 heteroatoms. The molecule has 1 N–H and O–H groups in total. The molecule has 0 amide bonds. The van der Waals surface area contributed by atoms with Crippen molar-refractivity contribution in [3.05, 3.63) is 34.4 Å². The van der Waals surface area contributed by atoms with E-state index in [9.17, 15) is 17.4 Å². The van der Waals surface area contributed by atoms with Gasteiger partial charge < -0.3 is 4.74 Å². The van der Waals surface area contributed by atoms with Gasteiger partial charge in [-0.1, -0.05) is 11.6 Å². The first kappa shape index (κ1) is 17.7. The van der Waals surface area contributed by atoms with Crippen molar-refractivity contribution < 1.29 is 22.1 Å². The van der Waals surface area contributed by atoms with Gasteiger partial charge in [0.1, 0.15) is 11.6 Å². The molecule has 0 bridgehead atoms. The van der Waals surface area contributed by atoms with Gasteiger partial charge in [-0.05, 0) is 32.9 Å². The number of rotatable bonds is 4. The summed E-state index contributed by atoms with van der Waals surface area (Å²) < 4.78 is 61.5. The molecule has 0 aliphatic carbocycles. The van der Waals surface area contributed by atoms with Gasteiger partial charge in [-0.25, -0.2) is 22.1 Å². The molecular weight excluding hydrogens is 339 g/mol. The van der Waals surface area contributed by atoms with Crippen molar-refractivity contribution in [3.63, 3.8) is 0 Å². The molecule has 1 saturated heterocycles. The van der Waals surface area contributed by atoms with E-state index in [1.54, 1.807) is 20.8 Å². The zero-order chi connectivity index (χ0) is 16.7. The molecule has 1 aliphatic rings. The lowest BCUT2D eigenvalue weighted by Gasteiger charge is -2.41. The summed E-state index contributed by atoms with van der Waals surface area (Å²) in [6.45, 7) is 4.50. The lowest BCUT2D eigenvalue weighted by molar-refractivity contribution is -0.145. The average molecular weight is 356 g/mol. The summed E-state index contributed by atoms with van der Waals surface area (Å²) >= 11 is 5.52. The van der Waals surface area contributed by atoms with E-state index < -0.39 is 44.1 Å². The average Bonchev–Trinajstić information content (AvgIpc) is 2.36. The van der Waals surface area contributed by atoms with Crippen LogP contribution in [0.15, 0.2) is 12.1 Å². The smallest absolute Gasteiger partial charge is 0.177 e. The Labute approximate surface area is 134 Å². The fourth-order valence-corrected chi connectivity index (χ4v) is 3.01. The highest BCUT2D eigenvalue weighted by molar-refractivity contribution is 7.84. The molecule has 1 heterocycles. The largest absolute Gasteiger partial charge is 0.374 e. The quantitative estimate of drug-likeness (QED) is 0.840. The molecule has 1 aromatic carbocycles. The number of benzene rings is 1. The molecule has 1 aromatic rings. The third-order valence-corrected chi connectivity index (χ3v) is 5.18. The molecule has 2 rings (SSSR count). The lowest BCUT2D eigenvalue weighted by atomic mass is 9.89. The van der Waals surface area contributed by atoms with E-state index in [0.717, 1.165) is 12.1 Å². The van der Waals surface area contributed by atoms with E-state index in [1.807, 2.05) is 0 Å². The molecule has 0 saturated carbocycles. The van der Waals surface area contributed by atoms with Crippen LogP contribution in [0.3, 0.4) is 0 Å². The van der Waals surface area contributed by atoms with E-state index >= 15 is 0 Å². The second kappa shape index (κ2) is 6.11. The fraction of sp³-hybridized carbons (Fsp3) is 0.571. The third kappa shape index (κ3) is 3.48. The second-order valence-electron chi connectivity index (χ2n) is 6.25. The van der Waals surface area contributed by atoms with Crippen LogP contribution in [0, 0.1) is 11.6 Å². The zero-order valence-corrected chi connectivity index (χ0v) is 14.0. The Bertz CT molecular complexity index is 602. The van der Waals surface area contributed by atoms with Crippen LogP contribution in [-0.2, 0) is 15.7 Å². The Morgan fingerprint density at radius 1 is 1.32 bits per heavy atom. The van der Waals surface area contributed by atoms with E-state index in [1.165, 1.54) is 0 Å². The van der Waals surface area contributed by atoms with Gasteiger partial charge in [0.15, 0.2) is 5.67 Å². The predicted octanol–water partition coefficient (Wildman–Crippen LogP) is 3.45. The molecule has 1 aliphatic heterocycles. The van der Waals surface area contributed by atoms with E-state index in [-0.39, 0.29) is 18.8 Å². The third-order valence-electron chi connectivity index (χ3n) is 3.33. The summed E-state index contributed by atoms with van der Waals surface area (Å²) in [5, 5.41) is -0.394. The van der Waals surface area contributed by atoms with Gasteiger partial charge in [0.25, 0.3) is 0 Å².